The van der Waals surface area contributed by atoms with Crippen LogP contribution in [0, 0.1) is 0 Å². The Morgan fingerprint density at radius 2 is 2.21 bits per heavy atom. The molecule has 1 aliphatic rings. The van der Waals surface area contributed by atoms with Crippen molar-refractivity contribution in [2.45, 2.75) is 17.4 Å². The molecule has 0 aromatic heterocycles. The lowest BCUT2D eigenvalue weighted by molar-refractivity contribution is 0.376. The van der Waals surface area contributed by atoms with Gasteiger partial charge in [0.2, 0.25) is 10.0 Å². The number of rotatable bonds is 4. The van der Waals surface area contributed by atoms with Crippen LogP contribution in [0.1, 0.15) is 6.42 Å². The molecule has 1 aliphatic heterocycles. The van der Waals surface area contributed by atoms with Crippen molar-refractivity contribution in [1.82, 2.24) is 9.62 Å². The largest absolute Gasteiger partial charge is 0.495 e. The average Bonchev–Trinajstić information content (AvgIpc) is 2.91. The maximum Gasteiger partial charge on any atom is 0.246 e. The number of ether oxygens (including phenoxy) is 1. The fraction of sp³-hybridized carbons (Fsp3) is 0.500. The fourth-order valence-electron chi connectivity index (χ4n) is 2.15. The van der Waals surface area contributed by atoms with Gasteiger partial charge in [-0.3, -0.25) is 0 Å². The Bertz CT molecular complexity index is 556. The van der Waals surface area contributed by atoms with Crippen LogP contribution < -0.4 is 10.1 Å². The zero-order valence-electron chi connectivity index (χ0n) is 10.9. The van der Waals surface area contributed by atoms with Crippen molar-refractivity contribution in [3.8, 4) is 5.75 Å². The number of hydrogen-bond acceptors (Lipinski definition) is 4. The maximum absolute atomic E-state index is 12.6. The molecule has 7 heteroatoms. The van der Waals surface area contributed by atoms with Crippen molar-refractivity contribution in [3.63, 3.8) is 0 Å². The highest BCUT2D eigenvalue weighted by atomic mass is 79.9. The van der Waals surface area contributed by atoms with Crippen LogP contribution in [0.4, 0.5) is 0 Å². The minimum atomic E-state index is -3.55. The molecule has 1 unspecified atom stereocenters. The Morgan fingerprint density at radius 3 is 2.79 bits per heavy atom. The summed E-state index contributed by atoms with van der Waals surface area (Å²) < 4.78 is 32.6. The van der Waals surface area contributed by atoms with Crippen LogP contribution >= 0.6 is 15.9 Å². The summed E-state index contributed by atoms with van der Waals surface area (Å²) in [4.78, 5) is 0.193. The molecule has 0 saturated carbocycles. The Kier molecular flexibility index (Phi) is 4.50. The second-order valence-corrected chi connectivity index (χ2v) is 7.34. The molecule has 0 radical (unpaired) electrons. The van der Waals surface area contributed by atoms with Crippen molar-refractivity contribution in [2.24, 2.45) is 0 Å². The molecule has 19 heavy (non-hydrogen) atoms. The molecule has 5 nitrogen and oxygen atoms in total. The third kappa shape index (κ3) is 2.94. The summed E-state index contributed by atoms with van der Waals surface area (Å²) in [5.74, 6) is 0.362. The van der Waals surface area contributed by atoms with Crippen LogP contribution in [-0.2, 0) is 10.0 Å². The van der Waals surface area contributed by atoms with Crippen molar-refractivity contribution in [3.05, 3.63) is 22.7 Å². The molecule has 0 amide bonds. The van der Waals surface area contributed by atoms with Gasteiger partial charge in [-0.2, -0.15) is 4.31 Å². The molecular formula is C12H17BrN2O3S. The Hall–Kier alpha value is -0.630. The van der Waals surface area contributed by atoms with Crippen LogP contribution in [0.15, 0.2) is 27.6 Å². The van der Waals surface area contributed by atoms with E-state index in [9.17, 15) is 8.42 Å². The third-order valence-corrected chi connectivity index (χ3v) is 5.76. The molecule has 0 aliphatic carbocycles. The summed E-state index contributed by atoms with van der Waals surface area (Å²) in [5, 5.41) is 3.17. The van der Waals surface area contributed by atoms with E-state index in [1.807, 2.05) is 0 Å². The quantitative estimate of drug-likeness (QED) is 0.894. The first-order valence-corrected chi connectivity index (χ1v) is 8.22. The number of likely N-dealkylation sites (N-methyl/N-ethyl adjacent to an activating group) is 1. The predicted molar refractivity (Wildman–Crippen MR) is 76.9 cm³/mol. The standard InChI is InChI=1S/C12H17BrN2O3S/c1-15(10-5-6-14-8-10)19(16,17)12-7-9(13)3-4-11(12)18-2/h3-4,7,10,14H,5-6,8H2,1-2H3. The van der Waals surface area contributed by atoms with Gasteiger partial charge < -0.3 is 10.1 Å². The molecular weight excluding hydrogens is 332 g/mol. The molecule has 1 saturated heterocycles. The first-order chi connectivity index (χ1) is 8.96. The molecule has 1 atom stereocenters. The lowest BCUT2D eigenvalue weighted by Crippen LogP contribution is -2.38. The van der Waals surface area contributed by atoms with Gasteiger partial charge in [-0.05, 0) is 31.2 Å². The number of hydrogen-bond donors (Lipinski definition) is 1. The van der Waals surface area contributed by atoms with E-state index in [4.69, 9.17) is 4.74 Å². The van der Waals surface area contributed by atoms with E-state index in [0.717, 1.165) is 13.0 Å². The van der Waals surface area contributed by atoms with E-state index >= 15 is 0 Å². The minimum absolute atomic E-state index is 0.00584. The summed E-state index contributed by atoms with van der Waals surface area (Å²) >= 11 is 3.30. The lowest BCUT2D eigenvalue weighted by atomic mass is 10.3. The zero-order chi connectivity index (χ0) is 14.0. The molecule has 1 heterocycles. The lowest BCUT2D eigenvalue weighted by Gasteiger charge is -2.24. The van der Waals surface area contributed by atoms with Gasteiger partial charge in [0.15, 0.2) is 0 Å². The monoisotopic (exact) mass is 348 g/mol. The third-order valence-electron chi connectivity index (χ3n) is 3.33. The van der Waals surface area contributed by atoms with Gasteiger partial charge in [0, 0.05) is 24.1 Å². The van der Waals surface area contributed by atoms with Crippen LogP contribution in [-0.4, -0.2) is 46.0 Å². The molecule has 1 aromatic carbocycles. The van der Waals surface area contributed by atoms with Crippen molar-refractivity contribution in [2.75, 3.05) is 27.2 Å². The topological polar surface area (TPSA) is 58.6 Å². The molecule has 1 aromatic rings. The predicted octanol–water partition coefficient (Wildman–Crippen LogP) is 1.44. The number of nitrogens with one attached hydrogen (secondary N) is 1. The maximum atomic E-state index is 12.6. The van der Waals surface area contributed by atoms with Crippen LogP contribution in [0.3, 0.4) is 0 Å². The number of methoxy groups -OCH3 is 1. The summed E-state index contributed by atoms with van der Waals surface area (Å²) in [6, 6.07) is 4.98. The van der Waals surface area contributed by atoms with Gasteiger partial charge >= 0.3 is 0 Å². The van der Waals surface area contributed by atoms with Crippen molar-refractivity contribution in [1.29, 1.82) is 0 Å². The molecule has 1 N–H and O–H groups in total. The smallest absolute Gasteiger partial charge is 0.246 e. The minimum Gasteiger partial charge on any atom is -0.495 e. The van der Waals surface area contributed by atoms with Gasteiger partial charge in [0.1, 0.15) is 10.6 Å². The SMILES string of the molecule is COc1ccc(Br)cc1S(=O)(=O)N(C)C1CCNC1. The van der Waals surface area contributed by atoms with Crippen molar-refractivity contribution >= 4 is 26.0 Å². The van der Waals surface area contributed by atoms with Crippen LogP contribution in [0.5, 0.6) is 5.75 Å². The van der Waals surface area contributed by atoms with Crippen molar-refractivity contribution < 1.29 is 13.2 Å². The summed E-state index contributed by atoms with van der Waals surface area (Å²) in [7, 11) is -0.459. The van der Waals surface area contributed by atoms with Gasteiger partial charge in [-0.15, -0.1) is 0 Å². The van der Waals surface area contributed by atoms with Crippen LogP contribution in [0.2, 0.25) is 0 Å². The number of nitrogens with zero attached hydrogens (tertiary/aromatic N) is 1. The Morgan fingerprint density at radius 1 is 1.47 bits per heavy atom. The van der Waals surface area contributed by atoms with E-state index in [-0.39, 0.29) is 10.9 Å². The van der Waals surface area contributed by atoms with E-state index < -0.39 is 10.0 Å². The van der Waals surface area contributed by atoms with E-state index in [2.05, 4.69) is 21.2 Å². The molecule has 0 bridgehead atoms. The summed E-state index contributed by atoms with van der Waals surface area (Å²) in [6.45, 7) is 1.53. The van der Waals surface area contributed by atoms with E-state index in [1.165, 1.54) is 11.4 Å². The molecule has 1 fully saturated rings. The first-order valence-electron chi connectivity index (χ1n) is 5.99. The highest BCUT2D eigenvalue weighted by Crippen LogP contribution is 2.30. The van der Waals surface area contributed by atoms with E-state index in [1.54, 1.807) is 25.2 Å². The summed E-state index contributed by atoms with van der Waals surface area (Å²) in [5.41, 5.74) is 0. The fourth-order valence-corrected chi connectivity index (χ4v) is 4.23. The van der Waals surface area contributed by atoms with Gasteiger partial charge in [-0.1, -0.05) is 15.9 Å². The van der Waals surface area contributed by atoms with Gasteiger partial charge in [0.25, 0.3) is 0 Å². The number of halogens is 1. The van der Waals surface area contributed by atoms with Crippen LogP contribution in [0.25, 0.3) is 0 Å². The number of sulfonamides is 1. The zero-order valence-corrected chi connectivity index (χ0v) is 13.3. The second kappa shape index (κ2) is 5.78. The Balaban J connectivity index is 2.40. The Labute approximate surface area is 122 Å². The van der Waals surface area contributed by atoms with Gasteiger partial charge in [-0.25, -0.2) is 8.42 Å². The molecule has 2 rings (SSSR count). The average molecular weight is 349 g/mol. The second-order valence-electron chi connectivity index (χ2n) is 4.46. The highest BCUT2D eigenvalue weighted by Gasteiger charge is 2.32. The summed E-state index contributed by atoms with van der Waals surface area (Å²) in [6.07, 6.45) is 0.825. The molecule has 106 valence electrons. The first kappa shape index (κ1) is 14.8. The van der Waals surface area contributed by atoms with Gasteiger partial charge in [0.05, 0.1) is 7.11 Å². The highest BCUT2D eigenvalue weighted by molar-refractivity contribution is 9.10. The normalized spacial score (nSPS) is 19.9. The van der Waals surface area contributed by atoms with E-state index in [0.29, 0.717) is 16.8 Å². The number of benzene rings is 1. The molecule has 0 spiro atoms.